The van der Waals surface area contributed by atoms with E-state index in [1.165, 1.54) is 37.1 Å². The Morgan fingerprint density at radius 2 is 1.80 bits per heavy atom. The van der Waals surface area contributed by atoms with Crippen LogP contribution in [0.25, 0.3) is 0 Å². The molecule has 0 aliphatic carbocycles. The Labute approximate surface area is 239 Å². The zero-order valence-corrected chi connectivity index (χ0v) is 23.0. The third-order valence-corrected chi connectivity index (χ3v) is 6.73. The first-order valence-corrected chi connectivity index (χ1v) is 13.0. The van der Waals surface area contributed by atoms with E-state index in [0.717, 1.165) is 5.56 Å². The van der Waals surface area contributed by atoms with Crippen molar-refractivity contribution in [1.29, 1.82) is 0 Å². The van der Waals surface area contributed by atoms with Crippen LogP contribution in [0.15, 0.2) is 60.7 Å². The molecule has 1 heterocycles. The number of carboxylic acids is 1. The van der Waals surface area contributed by atoms with Crippen molar-refractivity contribution in [2.75, 3.05) is 30.5 Å². The van der Waals surface area contributed by atoms with Gasteiger partial charge in [0.2, 0.25) is 0 Å². The number of methoxy groups -OCH3 is 1. The van der Waals surface area contributed by atoms with Gasteiger partial charge in [0.25, 0.3) is 5.91 Å². The molecule has 0 fully saturated rings. The minimum Gasteiger partial charge on any atom is -0.497 e. The van der Waals surface area contributed by atoms with Gasteiger partial charge in [-0.2, -0.15) is 0 Å². The first-order valence-electron chi connectivity index (χ1n) is 12.6. The van der Waals surface area contributed by atoms with Gasteiger partial charge in [0.1, 0.15) is 17.5 Å². The lowest BCUT2D eigenvalue weighted by Crippen LogP contribution is -2.37. The van der Waals surface area contributed by atoms with Gasteiger partial charge in [0.15, 0.2) is 0 Å². The smallest absolute Gasteiger partial charge is 0.497 e. The van der Waals surface area contributed by atoms with Crippen molar-refractivity contribution < 1.29 is 42.1 Å². The molecule has 218 valence electrons. The van der Waals surface area contributed by atoms with Crippen molar-refractivity contribution in [3.8, 4) is 11.5 Å². The van der Waals surface area contributed by atoms with Gasteiger partial charge >= 0.3 is 12.3 Å². The fourth-order valence-corrected chi connectivity index (χ4v) is 4.55. The van der Waals surface area contributed by atoms with Gasteiger partial charge in [-0.3, -0.25) is 9.59 Å². The van der Waals surface area contributed by atoms with Gasteiger partial charge in [-0.1, -0.05) is 29.8 Å². The van der Waals surface area contributed by atoms with E-state index in [4.69, 9.17) is 26.2 Å². The molecular weight excluding hydrogens is 565 g/mol. The van der Waals surface area contributed by atoms with Gasteiger partial charge in [0.05, 0.1) is 31.9 Å². The Hall–Kier alpha value is -3.96. The quantitative estimate of drug-likeness (QED) is 0.272. The zero-order chi connectivity index (χ0) is 29.7. The van der Waals surface area contributed by atoms with Gasteiger partial charge in [-0.05, 0) is 60.4 Å². The number of alkyl halides is 3. The largest absolute Gasteiger partial charge is 0.573 e. The average Bonchev–Trinajstić information content (AvgIpc) is 3.34. The standard InChI is InChI=1S/C29H28ClF3N2O6/c1-17(28(37)38)15-40-16-18-11-22(13-24(12-18)39-2)34-26(20-3-6-21(30)7-4-20)27(36)35-10-9-19-5-8-23(14-25(19)35)41-29(31,32)33/h3-8,11-14,17,26,34H,9-10,15-16H2,1-2H3,(H,37,38). The molecule has 0 saturated carbocycles. The van der Waals surface area contributed by atoms with Crippen LogP contribution in [0, 0.1) is 5.92 Å². The van der Waals surface area contributed by atoms with E-state index in [0.29, 0.717) is 39.7 Å². The van der Waals surface area contributed by atoms with E-state index in [1.807, 2.05) is 0 Å². The second kappa shape index (κ2) is 12.7. The summed E-state index contributed by atoms with van der Waals surface area (Å²) in [7, 11) is 1.49. The van der Waals surface area contributed by atoms with Crippen molar-refractivity contribution in [2.45, 2.75) is 32.4 Å². The topological polar surface area (TPSA) is 97.3 Å². The number of nitrogens with zero attached hydrogens (tertiary/aromatic N) is 1. The summed E-state index contributed by atoms with van der Waals surface area (Å²) in [5, 5.41) is 12.8. The zero-order valence-electron chi connectivity index (χ0n) is 22.2. The second-order valence-electron chi connectivity index (χ2n) is 9.53. The van der Waals surface area contributed by atoms with Crippen molar-refractivity contribution in [3.05, 3.63) is 82.4 Å². The third-order valence-electron chi connectivity index (χ3n) is 6.47. The third kappa shape index (κ3) is 7.83. The van der Waals surface area contributed by atoms with Gasteiger partial charge in [0, 0.05) is 29.4 Å². The van der Waals surface area contributed by atoms with Crippen LogP contribution < -0.4 is 19.7 Å². The Morgan fingerprint density at radius 3 is 2.46 bits per heavy atom. The number of benzene rings is 3. The summed E-state index contributed by atoms with van der Waals surface area (Å²) in [6.07, 6.45) is -4.40. The fraction of sp³-hybridized carbons (Fsp3) is 0.310. The highest BCUT2D eigenvalue weighted by Crippen LogP contribution is 2.36. The number of ether oxygens (including phenoxy) is 3. The van der Waals surface area contributed by atoms with Crippen molar-refractivity contribution in [1.82, 2.24) is 0 Å². The molecular formula is C29H28ClF3N2O6. The van der Waals surface area contributed by atoms with Crippen LogP contribution >= 0.6 is 11.6 Å². The summed E-state index contributed by atoms with van der Waals surface area (Å²) in [6.45, 7) is 1.92. The van der Waals surface area contributed by atoms with E-state index in [2.05, 4.69) is 10.1 Å². The second-order valence-corrected chi connectivity index (χ2v) is 9.97. The highest BCUT2D eigenvalue weighted by atomic mass is 35.5. The number of carbonyl (C=O) groups excluding carboxylic acids is 1. The van der Waals surface area contributed by atoms with E-state index in [9.17, 15) is 22.8 Å². The molecule has 0 aromatic heterocycles. The lowest BCUT2D eigenvalue weighted by molar-refractivity contribution is -0.274. The fourth-order valence-electron chi connectivity index (χ4n) is 4.42. The Kier molecular flexibility index (Phi) is 9.29. The molecule has 41 heavy (non-hydrogen) atoms. The minimum absolute atomic E-state index is 0.00952. The lowest BCUT2D eigenvalue weighted by atomic mass is 10.0. The number of halogens is 4. The van der Waals surface area contributed by atoms with E-state index < -0.39 is 35.9 Å². The summed E-state index contributed by atoms with van der Waals surface area (Å²) >= 11 is 6.08. The van der Waals surface area contributed by atoms with Gasteiger partial charge in [-0.25, -0.2) is 0 Å². The van der Waals surface area contributed by atoms with Crippen molar-refractivity contribution >= 4 is 34.9 Å². The summed E-state index contributed by atoms with van der Waals surface area (Å²) in [6, 6.07) is 14.8. The summed E-state index contributed by atoms with van der Waals surface area (Å²) < 4.78 is 53.6. The molecule has 0 radical (unpaired) electrons. The minimum atomic E-state index is -4.87. The molecule has 4 rings (SSSR count). The average molecular weight is 593 g/mol. The van der Waals surface area contributed by atoms with Crippen LogP contribution in [0.4, 0.5) is 24.5 Å². The van der Waals surface area contributed by atoms with Crippen molar-refractivity contribution in [3.63, 3.8) is 0 Å². The first-order chi connectivity index (χ1) is 19.4. The number of rotatable bonds is 11. The van der Waals surface area contributed by atoms with Crippen molar-refractivity contribution in [2.24, 2.45) is 5.92 Å². The van der Waals surface area contributed by atoms with Crippen LogP contribution in [-0.4, -0.2) is 43.6 Å². The van der Waals surface area contributed by atoms with Crippen LogP contribution in [0.1, 0.15) is 29.7 Å². The van der Waals surface area contributed by atoms with E-state index >= 15 is 0 Å². The number of aliphatic carboxylic acids is 1. The molecule has 2 unspecified atom stereocenters. The van der Waals surface area contributed by atoms with Gasteiger partial charge in [-0.15, -0.1) is 13.2 Å². The van der Waals surface area contributed by atoms with Gasteiger partial charge < -0.3 is 29.5 Å². The molecule has 3 aromatic rings. The number of amides is 1. The molecule has 1 amide bonds. The lowest BCUT2D eigenvalue weighted by Gasteiger charge is -2.27. The molecule has 12 heteroatoms. The number of nitrogens with one attached hydrogen (secondary N) is 1. The maximum atomic E-state index is 14.0. The molecule has 0 saturated heterocycles. The van der Waals surface area contributed by atoms with Crippen LogP contribution in [0.2, 0.25) is 5.02 Å². The number of fused-ring (bicyclic) bond motifs is 1. The molecule has 3 aromatic carbocycles. The summed E-state index contributed by atoms with van der Waals surface area (Å²) in [5.74, 6) is -1.99. The maximum absolute atomic E-state index is 14.0. The number of hydrogen-bond acceptors (Lipinski definition) is 6. The molecule has 1 aliphatic rings. The highest BCUT2D eigenvalue weighted by Gasteiger charge is 2.34. The normalized spacial score (nSPS) is 14.2. The number of carbonyl (C=O) groups is 2. The molecule has 0 spiro atoms. The predicted octanol–water partition coefficient (Wildman–Crippen LogP) is 6.23. The maximum Gasteiger partial charge on any atom is 0.573 e. The highest BCUT2D eigenvalue weighted by molar-refractivity contribution is 6.30. The number of carboxylic acid groups (broad SMARTS) is 1. The van der Waals surface area contributed by atoms with Crippen LogP contribution in [0.3, 0.4) is 0 Å². The first kappa shape index (κ1) is 30.0. The molecule has 0 bridgehead atoms. The van der Waals surface area contributed by atoms with Crippen LogP contribution in [0.5, 0.6) is 11.5 Å². The SMILES string of the molecule is COc1cc(COCC(C)C(=O)O)cc(NC(C(=O)N2CCc3ccc(OC(F)(F)F)cc32)c2ccc(Cl)cc2)c1. The van der Waals surface area contributed by atoms with Crippen LogP contribution in [-0.2, 0) is 27.4 Å². The Bertz CT molecular complexity index is 1400. The van der Waals surface area contributed by atoms with E-state index in [-0.39, 0.29) is 19.8 Å². The number of anilines is 2. The molecule has 8 nitrogen and oxygen atoms in total. The molecule has 2 N–H and O–H groups in total. The van der Waals surface area contributed by atoms with E-state index in [1.54, 1.807) is 42.5 Å². The monoisotopic (exact) mass is 592 g/mol. The number of hydrogen-bond donors (Lipinski definition) is 2. The predicted molar refractivity (Wildman–Crippen MR) is 146 cm³/mol. The summed E-state index contributed by atoms with van der Waals surface area (Å²) in [4.78, 5) is 26.5. The summed E-state index contributed by atoms with van der Waals surface area (Å²) in [5.41, 5.74) is 2.82. The molecule has 1 aliphatic heterocycles. The molecule has 2 atom stereocenters. The Balaban J connectivity index is 1.63. The Morgan fingerprint density at radius 1 is 1.07 bits per heavy atom.